The molecule has 1 aromatic rings. The Labute approximate surface area is 115 Å². The first-order valence-corrected chi connectivity index (χ1v) is 6.78. The lowest BCUT2D eigenvalue weighted by Gasteiger charge is -2.19. The van der Waals surface area contributed by atoms with Gasteiger partial charge in [-0.2, -0.15) is 0 Å². The molecule has 3 nitrogen and oxygen atoms in total. The molecule has 0 bridgehead atoms. The number of hydrogen-bond acceptors (Lipinski definition) is 3. The number of aliphatic hydroxyl groups is 1. The van der Waals surface area contributed by atoms with Crippen LogP contribution < -0.4 is 10.6 Å². The van der Waals surface area contributed by atoms with Crippen molar-refractivity contribution in [1.82, 2.24) is 0 Å². The van der Waals surface area contributed by atoms with E-state index in [9.17, 15) is 0 Å². The summed E-state index contributed by atoms with van der Waals surface area (Å²) in [4.78, 5) is 2.65. The Hall–Kier alpha value is -1.13. The second-order valence-corrected chi connectivity index (χ2v) is 4.91. The maximum absolute atomic E-state index is 8.70. The summed E-state index contributed by atoms with van der Waals surface area (Å²) in [6, 6.07) is 8.00. The third-order valence-corrected chi connectivity index (χ3v) is 3.21. The largest absolute Gasteiger partial charge is 0.396 e. The van der Waals surface area contributed by atoms with Gasteiger partial charge < -0.3 is 15.7 Å². The van der Waals surface area contributed by atoms with Gasteiger partial charge in [-0.3, -0.25) is 0 Å². The molecule has 0 atom stereocenters. The van der Waals surface area contributed by atoms with E-state index in [4.69, 9.17) is 23.1 Å². The Morgan fingerprint density at radius 2 is 2.00 bits per heavy atom. The zero-order valence-electron chi connectivity index (χ0n) is 10.9. The monoisotopic (exact) mass is 266 g/mol. The molecular formula is C14H22N2OS. The molecule has 0 unspecified atom stereocenters. The fourth-order valence-corrected chi connectivity index (χ4v) is 1.97. The van der Waals surface area contributed by atoms with Crippen LogP contribution >= 0.6 is 12.2 Å². The van der Waals surface area contributed by atoms with Crippen LogP contribution in [0.2, 0.25) is 0 Å². The Kier molecular flexibility index (Phi) is 6.68. The van der Waals surface area contributed by atoms with E-state index < -0.39 is 0 Å². The van der Waals surface area contributed by atoms with Gasteiger partial charge in [-0.1, -0.05) is 37.2 Å². The lowest BCUT2D eigenvalue weighted by Crippen LogP contribution is -2.19. The quantitative estimate of drug-likeness (QED) is 0.560. The molecule has 3 N–H and O–H groups in total. The van der Waals surface area contributed by atoms with E-state index in [1.54, 1.807) is 0 Å². The predicted molar refractivity (Wildman–Crippen MR) is 81.2 cm³/mol. The van der Waals surface area contributed by atoms with Crippen LogP contribution in [0.3, 0.4) is 0 Å². The summed E-state index contributed by atoms with van der Waals surface area (Å²) < 4.78 is 0. The molecule has 0 aliphatic heterocycles. The second kappa shape index (κ2) is 8.06. The molecule has 1 aromatic carbocycles. The van der Waals surface area contributed by atoms with Gasteiger partial charge >= 0.3 is 0 Å². The van der Waals surface area contributed by atoms with Crippen molar-refractivity contribution in [3.8, 4) is 0 Å². The summed E-state index contributed by atoms with van der Waals surface area (Å²) in [5.41, 5.74) is 7.68. The highest BCUT2D eigenvalue weighted by atomic mass is 32.1. The molecule has 0 amide bonds. The zero-order chi connectivity index (χ0) is 13.4. The normalized spacial score (nSPS) is 10.3. The molecule has 0 spiro atoms. The third-order valence-electron chi connectivity index (χ3n) is 2.97. The molecule has 100 valence electrons. The SMILES string of the molecule is CN(CCCCCCO)c1cccc(C(N)=S)c1. The van der Waals surface area contributed by atoms with Crippen LogP contribution in [-0.2, 0) is 0 Å². The summed E-state index contributed by atoms with van der Waals surface area (Å²) in [7, 11) is 2.07. The highest BCUT2D eigenvalue weighted by Gasteiger charge is 2.03. The van der Waals surface area contributed by atoms with Gasteiger partial charge in [-0.15, -0.1) is 0 Å². The van der Waals surface area contributed by atoms with Gasteiger partial charge in [-0.05, 0) is 25.0 Å². The lowest BCUT2D eigenvalue weighted by molar-refractivity contribution is 0.282. The van der Waals surface area contributed by atoms with Crippen molar-refractivity contribution in [3.05, 3.63) is 29.8 Å². The molecule has 0 aliphatic carbocycles. The minimum atomic E-state index is 0.297. The Bertz CT molecular complexity index is 382. The molecule has 0 fully saturated rings. The minimum absolute atomic E-state index is 0.297. The van der Waals surface area contributed by atoms with Gasteiger partial charge in [0.25, 0.3) is 0 Å². The van der Waals surface area contributed by atoms with Crippen LogP contribution in [0.5, 0.6) is 0 Å². The number of nitrogens with two attached hydrogens (primary N) is 1. The van der Waals surface area contributed by atoms with E-state index in [0.717, 1.165) is 43.5 Å². The van der Waals surface area contributed by atoms with E-state index in [-0.39, 0.29) is 0 Å². The number of hydrogen-bond donors (Lipinski definition) is 2. The minimum Gasteiger partial charge on any atom is -0.396 e. The second-order valence-electron chi connectivity index (χ2n) is 4.47. The van der Waals surface area contributed by atoms with Crippen molar-refractivity contribution in [2.75, 3.05) is 25.1 Å². The van der Waals surface area contributed by atoms with Crippen molar-refractivity contribution in [1.29, 1.82) is 0 Å². The van der Waals surface area contributed by atoms with Crippen molar-refractivity contribution in [3.63, 3.8) is 0 Å². The van der Waals surface area contributed by atoms with E-state index in [1.165, 1.54) is 0 Å². The molecular weight excluding hydrogens is 244 g/mol. The number of unbranched alkanes of at least 4 members (excludes halogenated alkanes) is 3. The average Bonchev–Trinajstić information content (AvgIpc) is 2.38. The number of benzene rings is 1. The summed E-state index contributed by atoms with van der Waals surface area (Å²) in [5, 5.41) is 8.70. The summed E-state index contributed by atoms with van der Waals surface area (Å²) in [6.07, 6.45) is 4.28. The topological polar surface area (TPSA) is 49.5 Å². The van der Waals surface area contributed by atoms with Gasteiger partial charge in [0, 0.05) is 31.5 Å². The maximum Gasteiger partial charge on any atom is 0.104 e. The average molecular weight is 266 g/mol. The molecule has 0 radical (unpaired) electrons. The Morgan fingerprint density at radius 3 is 2.67 bits per heavy atom. The van der Waals surface area contributed by atoms with Crippen molar-refractivity contribution in [2.45, 2.75) is 25.7 Å². The zero-order valence-corrected chi connectivity index (χ0v) is 11.7. The van der Waals surface area contributed by atoms with Crippen molar-refractivity contribution < 1.29 is 5.11 Å². The standard InChI is InChI=1S/C14H22N2OS/c1-16(9-4-2-3-5-10-17)13-8-6-7-12(11-13)14(15)18/h6-8,11,17H,2-5,9-10H2,1H3,(H2,15,18). The highest BCUT2D eigenvalue weighted by Crippen LogP contribution is 2.15. The molecule has 0 heterocycles. The smallest absolute Gasteiger partial charge is 0.104 e. The summed E-state index contributed by atoms with van der Waals surface area (Å²) >= 11 is 4.98. The number of rotatable bonds is 8. The van der Waals surface area contributed by atoms with Crippen LogP contribution in [0.25, 0.3) is 0 Å². The predicted octanol–water partition coefficient (Wildman–Crippen LogP) is 2.31. The summed E-state index contributed by atoms with van der Waals surface area (Å²) in [6.45, 7) is 1.30. The number of anilines is 1. The molecule has 0 aromatic heterocycles. The molecule has 0 aliphatic rings. The number of nitrogens with zero attached hydrogens (tertiary/aromatic N) is 1. The Balaban J connectivity index is 2.43. The van der Waals surface area contributed by atoms with Gasteiger partial charge in [0.05, 0.1) is 0 Å². The maximum atomic E-state index is 8.70. The van der Waals surface area contributed by atoms with E-state index in [1.807, 2.05) is 18.2 Å². The van der Waals surface area contributed by atoms with Gasteiger partial charge in [0.1, 0.15) is 4.99 Å². The van der Waals surface area contributed by atoms with Gasteiger partial charge in [0.2, 0.25) is 0 Å². The summed E-state index contributed by atoms with van der Waals surface area (Å²) in [5.74, 6) is 0. The molecule has 4 heteroatoms. The first-order chi connectivity index (χ1) is 8.65. The van der Waals surface area contributed by atoms with Crippen LogP contribution in [0, 0.1) is 0 Å². The van der Waals surface area contributed by atoms with Crippen molar-refractivity contribution >= 4 is 22.9 Å². The van der Waals surface area contributed by atoms with Crippen LogP contribution in [0.1, 0.15) is 31.2 Å². The van der Waals surface area contributed by atoms with Crippen molar-refractivity contribution in [2.24, 2.45) is 5.73 Å². The van der Waals surface area contributed by atoms with E-state index in [0.29, 0.717) is 11.6 Å². The first-order valence-electron chi connectivity index (χ1n) is 6.37. The fraction of sp³-hybridized carbons (Fsp3) is 0.500. The lowest BCUT2D eigenvalue weighted by atomic mass is 10.1. The molecule has 18 heavy (non-hydrogen) atoms. The third kappa shape index (κ3) is 5.02. The number of aliphatic hydroxyl groups excluding tert-OH is 1. The van der Waals surface area contributed by atoms with Crippen LogP contribution in [-0.4, -0.2) is 30.3 Å². The highest BCUT2D eigenvalue weighted by molar-refractivity contribution is 7.80. The number of thiocarbonyl (C=S) groups is 1. The van der Waals surface area contributed by atoms with E-state index in [2.05, 4.69) is 18.0 Å². The molecule has 1 rings (SSSR count). The molecule has 0 saturated carbocycles. The first kappa shape index (κ1) is 14.9. The van der Waals surface area contributed by atoms with E-state index >= 15 is 0 Å². The Morgan fingerprint density at radius 1 is 1.28 bits per heavy atom. The van der Waals surface area contributed by atoms with Gasteiger partial charge in [0.15, 0.2) is 0 Å². The molecule has 0 saturated heterocycles. The fourth-order valence-electron chi connectivity index (χ4n) is 1.84. The van der Waals surface area contributed by atoms with Gasteiger partial charge in [-0.25, -0.2) is 0 Å². The van der Waals surface area contributed by atoms with Crippen LogP contribution in [0.15, 0.2) is 24.3 Å². The van der Waals surface area contributed by atoms with Crippen LogP contribution in [0.4, 0.5) is 5.69 Å².